The highest BCUT2D eigenvalue weighted by atomic mass is 32.2. The number of hydrogen-bond donors (Lipinski definition) is 1. The molecule has 1 atom stereocenters. The fourth-order valence-electron chi connectivity index (χ4n) is 2.00. The number of sulfonamides is 1. The van der Waals surface area contributed by atoms with Crippen LogP contribution >= 0.6 is 11.8 Å². The molecule has 1 unspecified atom stereocenters. The van der Waals surface area contributed by atoms with Crippen LogP contribution in [0.15, 0.2) is 29.2 Å². The summed E-state index contributed by atoms with van der Waals surface area (Å²) in [4.78, 5) is 1.06. The number of thioether (sulfide) groups is 1. The predicted molar refractivity (Wildman–Crippen MR) is 71.9 cm³/mol. The summed E-state index contributed by atoms with van der Waals surface area (Å²) in [6.45, 7) is 0.725. The van der Waals surface area contributed by atoms with Gasteiger partial charge in [0.1, 0.15) is 0 Å². The number of hydrogen-bond acceptors (Lipinski definition) is 4. The molecule has 1 fully saturated rings. The molecule has 2 N–H and O–H groups in total. The van der Waals surface area contributed by atoms with Gasteiger partial charge in [-0.1, -0.05) is 6.07 Å². The Kier molecular flexibility index (Phi) is 3.65. The Morgan fingerprint density at radius 3 is 2.88 bits per heavy atom. The highest BCUT2D eigenvalue weighted by Crippen LogP contribution is 2.30. The zero-order valence-corrected chi connectivity index (χ0v) is 11.3. The van der Waals surface area contributed by atoms with Crippen LogP contribution in [0.25, 0.3) is 0 Å². The van der Waals surface area contributed by atoms with E-state index in [-0.39, 0.29) is 6.54 Å². The van der Waals surface area contributed by atoms with Crippen LogP contribution in [0.1, 0.15) is 6.42 Å². The first-order chi connectivity index (χ1) is 8.09. The fraction of sp³-hybridized carbons (Fsp3) is 0.455. The maximum absolute atomic E-state index is 12.2. The lowest BCUT2D eigenvalue weighted by atomic mass is 10.3. The van der Waals surface area contributed by atoms with E-state index in [0.717, 1.165) is 10.6 Å². The number of nitrogens with zero attached hydrogens (tertiary/aromatic N) is 1. The van der Waals surface area contributed by atoms with Crippen LogP contribution in [-0.2, 0) is 10.0 Å². The number of anilines is 1. The van der Waals surface area contributed by atoms with Crippen LogP contribution in [-0.4, -0.2) is 33.0 Å². The topological polar surface area (TPSA) is 63.4 Å². The van der Waals surface area contributed by atoms with Gasteiger partial charge in [-0.3, -0.25) is 4.31 Å². The maximum atomic E-state index is 12.2. The van der Waals surface area contributed by atoms with E-state index < -0.39 is 15.3 Å². The van der Waals surface area contributed by atoms with Crippen molar-refractivity contribution in [2.24, 2.45) is 5.73 Å². The van der Waals surface area contributed by atoms with Gasteiger partial charge in [0.05, 0.1) is 10.9 Å². The molecule has 1 heterocycles. The SMILES string of the molecule is CSc1cccc(N2CCC(CN)S2(=O)=O)c1. The van der Waals surface area contributed by atoms with Crippen molar-refractivity contribution in [2.75, 3.05) is 23.7 Å². The molecule has 1 aromatic carbocycles. The van der Waals surface area contributed by atoms with E-state index in [1.165, 1.54) is 4.31 Å². The zero-order valence-electron chi connectivity index (χ0n) is 9.67. The van der Waals surface area contributed by atoms with Crippen molar-refractivity contribution in [2.45, 2.75) is 16.6 Å². The first kappa shape index (κ1) is 12.7. The second-order valence-electron chi connectivity index (χ2n) is 3.96. The molecule has 17 heavy (non-hydrogen) atoms. The van der Waals surface area contributed by atoms with E-state index in [4.69, 9.17) is 5.73 Å². The van der Waals surface area contributed by atoms with Gasteiger partial charge in [0.2, 0.25) is 10.0 Å². The van der Waals surface area contributed by atoms with Gasteiger partial charge in [0.25, 0.3) is 0 Å². The Morgan fingerprint density at radius 1 is 1.53 bits per heavy atom. The van der Waals surface area contributed by atoms with E-state index in [1.807, 2.05) is 30.5 Å². The summed E-state index contributed by atoms with van der Waals surface area (Å²) >= 11 is 1.60. The standard InChI is InChI=1S/C11H16N2O2S2/c1-16-10-4-2-3-9(7-10)13-6-5-11(8-12)17(13,14)15/h2-4,7,11H,5-6,8,12H2,1H3. The number of benzene rings is 1. The van der Waals surface area contributed by atoms with Crippen LogP contribution < -0.4 is 10.0 Å². The van der Waals surface area contributed by atoms with Gasteiger partial charge in [-0.25, -0.2) is 8.42 Å². The first-order valence-corrected chi connectivity index (χ1v) is 8.18. The van der Waals surface area contributed by atoms with Crippen molar-refractivity contribution >= 4 is 27.5 Å². The summed E-state index contributed by atoms with van der Waals surface area (Å²) in [6, 6.07) is 7.58. The highest BCUT2D eigenvalue weighted by molar-refractivity contribution is 7.98. The van der Waals surface area contributed by atoms with E-state index in [0.29, 0.717) is 13.0 Å². The van der Waals surface area contributed by atoms with Gasteiger partial charge in [-0.15, -0.1) is 11.8 Å². The lowest BCUT2D eigenvalue weighted by Crippen LogP contribution is -2.33. The normalized spacial score (nSPS) is 22.9. The predicted octanol–water partition coefficient (Wildman–Crippen LogP) is 1.28. The number of nitrogens with two attached hydrogens (primary N) is 1. The summed E-state index contributed by atoms with van der Waals surface area (Å²) in [5, 5.41) is -0.430. The Hall–Kier alpha value is -0.720. The molecule has 0 spiro atoms. The van der Waals surface area contributed by atoms with Crippen LogP contribution in [0.3, 0.4) is 0 Å². The molecule has 0 radical (unpaired) electrons. The lowest BCUT2D eigenvalue weighted by molar-refractivity contribution is 0.588. The molecule has 6 heteroatoms. The summed E-state index contributed by atoms with van der Waals surface area (Å²) < 4.78 is 25.8. The molecule has 0 amide bonds. The highest BCUT2D eigenvalue weighted by Gasteiger charge is 2.37. The minimum absolute atomic E-state index is 0.195. The second-order valence-corrected chi connectivity index (χ2v) is 6.98. The molecule has 1 aliphatic rings. The Morgan fingerprint density at radius 2 is 2.29 bits per heavy atom. The van der Waals surface area contributed by atoms with Crippen molar-refractivity contribution in [1.29, 1.82) is 0 Å². The number of rotatable bonds is 3. The molecular weight excluding hydrogens is 256 g/mol. The van der Waals surface area contributed by atoms with Crippen molar-refractivity contribution in [3.05, 3.63) is 24.3 Å². The van der Waals surface area contributed by atoms with Crippen LogP contribution in [0.2, 0.25) is 0 Å². The van der Waals surface area contributed by atoms with E-state index in [1.54, 1.807) is 11.8 Å². The molecule has 4 nitrogen and oxygen atoms in total. The quantitative estimate of drug-likeness (QED) is 0.842. The Labute approximate surface area is 106 Å². The minimum atomic E-state index is -3.26. The smallest absolute Gasteiger partial charge is 0.239 e. The van der Waals surface area contributed by atoms with Crippen LogP contribution in [0.5, 0.6) is 0 Å². The Balaban J connectivity index is 2.35. The monoisotopic (exact) mass is 272 g/mol. The Bertz CT molecular complexity index is 502. The molecule has 0 saturated carbocycles. The van der Waals surface area contributed by atoms with Crippen molar-refractivity contribution in [1.82, 2.24) is 0 Å². The van der Waals surface area contributed by atoms with Crippen LogP contribution in [0.4, 0.5) is 5.69 Å². The van der Waals surface area contributed by atoms with Crippen LogP contribution in [0, 0.1) is 0 Å². The summed E-state index contributed by atoms with van der Waals surface area (Å²) in [7, 11) is -3.26. The molecule has 0 aliphatic carbocycles. The lowest BCUT2D eigenvalue weighted by Gasteiger charge is -2.19. The summed E-state index contributed by atoms with van der Waals surface area (Å²) in [5.41, 5.74) is 6.24. The summed E-state index contributed by atoms with van der Waals surface area (Å²) in [5.74, 6) is 0. The third kappa shape index (κ3) is 2.29. The maximum Gasteiger partial charge on any atom is 0.239 e. The molecule has 2 rings (SSSR count). The average Bonchev–Trinajstić information content (AvgIpc) is 2.64. The first-order valence-electron chi connectivity index (χ1n) is 5.45. The molecule has 1 saturated heterocycles. The summed E-state index contributed by atoms with van der Waals surface area (Å²) in [6.07, 6.45) is 2.59. The van der Waals surface area contributed by atoms with Gasteiger partial charge in [0.15, 0.2) is 0 Å². The van der Waals surface area contributed by atoms with Gasteiger partial charge in [-0.05, 0) is 30.9 Å². The second kappa shape index (κ2) is 4.88. The van der Waals surface area contributed by atoms with E-state index in [2.05, 4.69) is 0 Å². The van der Waals surface area contributed by atoms with Crippen molar-refractivity contribution in [3.8, 4) is 0 Å². The molecule has 1 aromatic rings. The largest absolute Gasteiger partial charge is 0.329 e. The van der Waals surface area contributed by atoms with Gasteiger partial charge in [-0.2, -0.15) is 0 Å². The third-order valence-corrected chi connectivity index (χ3v) is 5.99. The molecule has 0 bridgehead atoms. The van der Waals surface area contributed by atoms with Crippen molar-refractivity contribution < 1.29 is 8.42 Å². The van der Waals surface area contributed by atoms with Crippen molar-refractivity contribution in [3.63, 3.8) is 0 Å². The average molecular weight is 272 g/mol. The van der Waals surface area contributed by atoms with Gasteiger partial charge < -0.3 is 5.73 Å². The molecule has 1 aliphatic heterocycles. The van der Waals surface area contributed by atoms with E-state index >= 15 is 0 Å². The fourth-order valence-corrected chi connectivity index (χ4v) is 4.23. The minimum Gasteiger partial charge on any atom is -0.329 e. The molecular formula is C11H16N2O2S2. The van der Waals surface area contributed by atoms with E-state index in [9.17, 15) is 8.42 Å². The molecule has 0 aromatic heterocycles. The van der Waals surface area contributed by atoms with Gasteiger partial charge >= 0.3 is 0 Å². The third-order valence-electron chi connectivity index (χ3n) is 2.99. The zero-order chi connectivity index (χ0) is 12.5. The van der Waals surface area contributed by atoms with Gasteiger partial charge in [0, 0.05) is 18.0 Å². The molecule has 94 valence electrons.